The first kappa shape index (κ1) is 18.2. The minimum Gasteiger partial charge on any atom is -0.489 e. The molecule has 2 aromatic rings. The number of halogens is 1. The third kappa shape index (κ3) is 4.89. The summed E-state index contributed by atoms with van der Waals surface area (Å²) in [4.78, 5) is 22.4. The number of benzene rings is 2. The molecule has 8 heteroatoms. The van der Waals surface area contributed by atoms with Crippen LogP contribution in [-0.2, 0) is 0 Å². The number of carbonyl (C=O) groups is 1. The maximum atomic E-state index is 12.2. The maximum Gasteiger partial charge on any atom is 0.288 e. The molecule has 0 atom stereocenters. The lowest BCUT2D eigenvalue weighted by Gasteiger charge is -2.08. The zero-order valence-electron chi connectivity index (χ0n) is 13.0. The molecule has 0 saturated heterocycles. The van der Waals surface area contributed by atoms with E-state index in [1.54, 1.807) is 36.4 Å². The van der Waals surface area contributed by atoms with Gasteiger partial charge in [-0.25, -0.2) is 5.43 Å². The van der Waals surface area contributed by atoms with Crippen LogP contribution < -0.4 is 10.2 Å². The molecule has 0 aliphatic heterocycles. The van der Waals surface area contributed by atoms with Gasteiger partial charge in [-0.05, 0) is 18.2 Å². The number of rotatable bonds is 7. The van der Waals surface area contributed by atoms with Crippen molar-refractivity contribution < 1.29 is 14.5 Å². The Morgan fingerprint density at radius 1 is 1.36 bits per heavy atom. The van der Waals surface area contributed by atoms with Crippen molar-refractivity contribution in [2.75, 3.05) is 6.61 Å². The molecule has 1 amide bonds. The fourth-order valence-corrected chi connectivity index (χ4v) is 2.09. The third-order valence-corrected chi connectivity index (χ3v) is 3.35. The summed E-state index contributed by atoms with van der Waals surface area (Å²) in [5.41, 5.74) is 2.85. The first-order valence-electron chi connectivity index (χ1n) is 7.13. The van der Waals surface area contributed by atoms with Crippen molar-refractivity contribution >= 4 is 29.4 Å². The predicted octanol–water partition coefficient (Wildman–Crippen LogP) is 3.58. The Labute approximate surface area is 148 Å². The van der Waals surface area contributed by atoms with Gasteiger partial charge in [0.2, 0.25) is 0 Å². The summed E-state index contributed by atoms with van der Waals surface area (Å²) in [6.45, 7) is 3.82. The highest BCUT2D eigenvalue weighted by Crippen LogP contribution is 2.24. The number of hydrogen-bond acceptors (Lipinski definition) is 5. The molecule has 0 radical (unpaired) electrons. The van der Waals surface area contributed by atoms with Crippen molar-refractivity contribution in [3.63, 3.8) is 0 Å². The second-order valence-electron chi connectivity index (χ2n) is 4.76. The molecule has 0 bridgehead atoms. The lowest BCUT2D eigenvalue weighted by Crippen LogP contribution is -2.18. The van der Waals surface area contributed by atoms with Crippen LogP contribution in [0.3, 0.4) is 0 Å². The lowest BCUT2D eigenvalue weighted by molar-refractivity contribution is -0.384. The molecule has 7 nitrogen and oxygen atoms in total. The SMILES string of the molecule is C=CCOc1ccccc1C(=O)N/N=C/c1ccc(Cl)c([N+](=O)[O-])c1. The summed E-state index contributed by atoms with van der Waals surface area (Å²) in [6.07, 6.45) is 2.86. The minimum atomic E-state index is -0.592. The Morgan fingerprint density at radius 2 is 2.12 bits per heavy atom. The standard InChI is InChI=1S/C17H14ClN3O4/c1-2-9-25-16-6-4-3-5-13(16)17(22)20-19-11-12-7-8-14(18)15(10-12)21(23)24/h2-8,10-11H,1,9H2,(H,20,22)/b19-11+. The molecule has 2 rings (SSSR count). The lowest BCUT2D eigenvalue weighted by atomic mass is 10.2. The van der Waals surface area contributed by atoms with Crippen molar-refractivity contribution in [2.24, 2.45) is 5.10 Å². The van der Waals surface area contributed by atoms with Crippen molar-refractivity contribution in [3.05, 3.63) is 81.4 Å². The molecule has 0 saturated carbocycles. The van der Waals surface area contributed by atoms with Crippen LogP contribution in [0.25, 0.3) is 0 Å². The smallest absolute Gasteiger partial charge is 0.288 e. The van der Waals surface area contributed by atoms with Crippen LogP contribution in [-0.4, -0.2) is 23.7 Å². The fourth-order valence-electron chi connectivity index (χ4n) is 1.90. The van der Waals surface area contributed by atoms with Gasteiger partial charge >= 0.3 is 0 Å². The van der Waals surface area contributed by atoms with E-state index < -0.39 is 10.8 Å². The quantitative estimate of drug-likeness (QED) is 0.354. The van der Waals surface area contributed by atoms with E-state index in [1.165, 1.54) is 18.3 Å². The summed E-state index contributed by atoms with van der Waals surface area (Å²) in [5.74, 6) is -0.0726. The van der Waals surface area contributed by atoms with Gasteiger partial charge in [0, 0.05) is 11.6 Å². The number of hydrogen-bond donors (Lipinski definition) is 1. The monoisotopic (exact) mass is 359 g/mol. The Hall–Kier alpha value is -3.19. The number of nitro groups is 1. The molecule has 0 heterocycles. The van der Waals surface area contributed by atoms with E-state index >= 15 is 0 Å². The summed E-state index contributed by atoms with van der Waals surface area (Å²) in [7, 11) is 0. The first-order chi connectivity index (χ1) is 12.0. The molecule has 0 aliphatic carbocycles. The molecule has 0 spiro atoms. The van der Waals surface area contributed by atoms with Gasteiger partial charge in [-0.15, -0.1) is 0 Å². The van der Waals surface area contributed by atoms with Gasteiger partial charge in [0.1, 0.15) is 17.4 Å². The normalized spacial score (nSPS) is 10.4. The van der Waals surface area contributed by atoms with E-state index in [-0.39, 0.29) is 17.3 Å². The van der Waals surface area contributed by atoms with Gasteiger partial charge in [-0.3, -0.25) is 14.9 Å². The Kier molecular flexibility index (Phi) is 6.25. The number of nitro benzene ring substituents is 1. The molecule has 128 valence electrons. The van der Waals surface area contributed by atoms with Crippen LogP contribution >= 0.6 is 11.6 Å². The summed E-state index contributed by atoms with van der Waals surface area (Å²) >= 11 is 5.74. The number of carbonyl (C=O) groups excluding carboxylic acids is 1. The second kappa shape index (κ2) is 8.60. The van der Waals surface area contributed by atoms with E-state index in [4.69, 9.17) is 16.3 Å². The van der Waals surface area contributed by atoms with E-state index in [1.807, 2.05) is 0 Å². The second-order valence-corrected chi connectivity index (χ2v) is 5.17. The number of amides is 1. The highest BCUT2D eigenvalue weighted by atomic mass is 35.5. The van der Waals surface area contributed by atoms with Gasteiger partial charge in [0.05, 0.1) is 16.7 Å². The molecular weight excluding hydrogens is 346 g/mol. The van der Waals surface area contributed by atoms with Gasteiger partial charge in [-0.1, -0.05) is 42.5 Å². The van der Waals surface area contributed by atoms with Gasteiger partial charge in [0.15, 0.2) is 0 Å². The van der Waals surface area contributed by atoms with Gasteiger partial charge in [0.25, 0.3) is 11.6 Å². The maximum absolute atomic E-state index is 12.2. The van der Waals surface area contributed by atoms with E-state index in [2.05, 4.69) is 17.1 Å². The minimum absolute atomic E-state index is 0.0273. The number of nitrogens with zero attached hydrogens (tertiary/aromatic N) is 2. The van der Waals surface area contributed by atoms with Crippen LogP contribution in [0.2, 0.25) is 5.02 Å². The topological polar surface area (TPSA) is 93.8 Å². The Bertz CT molecular complexity index is 836. The third-order valence-electron chi connectivity index (χ3n) is 3.03. The Morgan fingerprint density at radius 3 is 2.84 bits per heavy atom. The molecule has 0 fully saturated rings. The largest absolute Gasteiger partial charge is 0.489 e. The van der Waals surface area contributed by atoms with Crippen molar-refractivity contribution in [1.29, 1.82) is 0 Å². The highest BCUT2D eigenvalue weighted by molar-refractivity contribution is 6.32. The number of nitrogens with one attached hydrogen (secondary N) is 1. The summed E-state index contributed by atoms with van der Waals surface area (Å²) in [5, 5.41) is 14.7. The number of para-hydroxylation sites is 1. The highest BCUT2D eigenvalue weighted by Gasteiger charge is 2.13. The van der Waals surface area contributed by atoms with Crippen molar-refractivity contribution in [3.8, 4) is 5.75 Å². The fraction of sp³-hybridized carbons (Fsp3) is 0.0588. The number of hydrazone groups is 1. The van der Waals surface area contributed by atoms with E-state index in [0.717, 1.165) is 0 Å². The molecule has 2 aromatic carbocycles. The van der Waals surface area contributed by atoms with E-state index in [0.29, 0.717) is 16.9 Å². The summed E-state index contributed by atoms with van der Waals surface area (Å²) in [6, 6.07) is 10.9. The molecule has 0 aromatic heterocycles. The average Bonchev–Trinajstić information content (AvgIpc) is 2.61. The van der Waals surface area contributed by atoms with Crippen LogP contribution in [0.4, 0.5) is 5.69 Å². The van der Waals surface area contributed by atoms with Crippen molar-refractivity contribution in [1.82, 2.24) is 5.43 Å². The van der Waals surface area contributed by atoms with Crippen molar-refractivity contribution in [2.45, 2.75) is 0 Å². The molecule has 25 heavy (non-hydrogen) atoms. The van der Waals surface area contributed by atoms with E-state index in [9.17, 15) is 14.9 Å². The zero-order valence-corrected chi connectivity index (χ0v) is 13.8. The van der Waals surface area contributed by atoms with Crippen LogP contribution in [0, 0.1) is 10.1 Å². The molecule has 0 aliphatic rings. The molecular formula is C17H14ClN3O4. The Balaban J connectivity index is 2.10. The zero-order chi connectivity index (χ0) is 18.2. The number of ether oxygens (including phenoxy) is 1. The first-order valence-corrected chi connectivity index (χ1v) is 7.50. The van der Waals surface area contributed by atoms with Crippen LogP contribution in [0.5, 0.6) is 5.75 Å². The average molecular weight is 360 g/mol. The van der Waals surface area contributed by atoms with Crippen LogP contribution in [0.1, 0.15) is 15.9 Å². The molecule has 1 N–H and O–H groups in total. The summed E-state index contributed by atoms with van der Waals surface area (Å²) < 4.78 is 5.41. The molecule has 0 unspecified atom stereocenters. The van der Waals surface area contributed by atoms with Gasteiger partial charge in [-0.2, -0.15) is 5.10 Å². The van der Waals surface area contributed by atoms with Crippen LogP contribution in [0.15, 0.2) is 60.2 Å². The predicted molar refractivity (Wildman–Crippen MR) is 95.3 cm³/mol. The van der Waals surface area contributed by atoms with Gasteiger partial charge < -0.3 is 4.74 Å².